The molecule has 2 rings (SSSR count). The zero-order valence-electron chi connectivity index (χ0n) is 12.1. The molecule has 1 aliphatic heterocycles. The molecule has 20 heavy (non-hydrogen) atoms. The summed E-state index contributed by atoms with van der Waals surface area (Å²) in [6.07, 6.45) is 3.66. The van der Waals surface area contributed by atoms with Crippen molar-refractivity contribution in [2.75, 3.05) is 26.7 Å². The maximum Gasteiger partial charge on any atom is 0.223 e. The van der Waals surface area contributed by atoms with Crippen molar-refractivity contribution in [1.29, 1.82) is 0 Å². The van der Waals surface area contributed by atoms with Gasteiger partial charge in [-0.2, -0.15) is 0 Å². The SMILES string of the molecule is CNCCC(=O)N1CCC(Cc2ccc(F)cc2)CC1. The van der Waals surface area contributed by atoms with Crippen LogP contribution in [0, 0.1) is 11.7 Å². The highest BCUT2D eigenvalue weighted by molar-refractivity contribution is 5.76. The second kappa shape index (κ2) is 7.39. The first-order chi connectivity index (χ1) is 9.69. The summed E-state index contributed by atoms with van der Waals surface area (Å²) in [5, 5.41) is 3.01. The fourth-order valence-electron chi connectivity index (χ4n) is 2.73. The minimum absolute atomic E-state index is 0.182. The average molecular weight is 278 g/mol. The van der Waals surface area contributed by atoms with Gasteiger partial charge in [-0.15, -0.1) is 0 Å². The summed E-state index contributed by atoms with van der Waals surface area (Å²) in [7, 11) is 1.86. The molecule has 0 unspecified atom stereocenters. The van der Waals surface area contributed by atoms with E-state index in [1.165, 1.54) is 17.7 Å². The molecule has 0 saturated carbocycles. The molecule has 0 radical (unpaired) electrons. The third-order valence-corrected chi connectivity index (χ3v) is 3.99. The van der Waals surface area contributed by atoms with Crippen LogP contribution in [0.5, 0.6) is 0 Å². The molecule has 0 bridgehead atoms. The van der Waals surface area contributed by atoms with Gasteiger partial charge in [0.25, 0.3) is 0 Å². The molecule has 0 aliphatic carbocycles. The van der Waals surface area contributed by atoms with Gasteiger partial charge in [0.2, 0.25) is 5.91 Å². The van der Waals surface area contributed by atoms with Crippen molar-refractivity contribution in [2.24, 2.45) is 5.92 Å². The van der Waals surface area contributed by atoms with E-state index in [4.69, 9.17) is 0 Å². The summed E-state index contributed by atoms with van der Waals surface area (Å²) >= 11 is 0. The van der Waals surface area contributed by atoms with Gasteiger partial charge < -0.3 is 10.2 Å². The highest BCUT2D eigenvalue weighted by Gasteiger charge is 2.22. The van der Waals surface area contributed by atoms with Gasteiger partial charge in [0.05, 0.1) is 0 Å². The largest absolute Gasteiger partial charge is 0.343 e. The minimum atomic E-state index is -0.182. The maximum atomic E-state index is 12.9. The molecule has 0 atom stereocenters. The Morgan fingerprint density at radius 2 is 1.95 bits per heavy atom. The number of amides is 1. The zero-order chi connectivity index (χ0) is 14.4. The molecule has 1 saturated heterocycles. The number of halogens is 1. The molecule has 1 amide bonds. The lowest BCUT2D eigenvalue weighted by molar-refractivity contribution is -0.132. The molecule has 1 aliphatic rings. The molecule has 1 fully saturated rings. The molecule has 110 valence electrons. The Morgan fingerprint density at radius 1 is 1.30 bits per heavy atom. The first-order valence-electron chi connectivity index (χ1n) is 7.36. The number of nitrogens with one attached hydrogen (secondary N) is 1. The quantitative estimate of drug-likeness (QED) is 0.895. The summed E-state index contributed by atoms with van der Waals surface area (Å²) in [6, 6.07) is 6.76. The van der Waals surface area contributed by atoms with Gasteiger partial charge in [-0.25, -0.2) is 4.39 Å². The summed E-state index contributed by atoms with van der Waals surface area (Å²) < 4.78 is 12.9. The van der Waals surface area contributed by atoms with Crippen molar-refractivity contribution in [1.82, 2.24) is 10.2 Å². The van der Waals surface area contributed by atoms with Crippen molar-refractivity contribution < 1.29 is 9.18 Å². The molecule has 1 aromatic carbocycles. The third-order valence-electron chi connectivity index (χ3n) is 3.99. The van der Waals surface area contributed by atoms with E-state index in [2.05, 4.69) is 5.32 Å². The number of carbonyl (C=O) groups excluding carboxylic acids is 1. The second-order valence-corrected chi connectivity index (χ2v) is 5.51. The molecular weight excluding hydrogens is 255 g/mol. The van der Waals surface area contributed by atoms with Gasteiger partial charge in [0, 0.05) is 26.1 Å². The zero-order valence-corrected chi connectivity index (χ0v) is 12.1. The predicted molar refractivity (Wildman–Crippen MR) is 78.0 cm³/mol. The first-order valence-corrected chi connectivity index (χ1v) is 7.36. The minimum Gasteiger partial charge on any atom is -0.343 e. The van der Waals surface area contributed by atoms with Crippen molar-refractivity contribution in [3.8, 4) is 0 Å². The summed E-state index contributed by atoms with van der Waals surface area (Å²) in [5.41, 5.74) is 1.19. The van der Waals surface area contributed by atoms with Gasteiger partial charge >= 0.3 is 0 Å². The van der Waals surface area contributed by atoms with E-state index in [1.54, 1.807) is 0 Å². The fourth-order valence-corrected chi connectivity index (χ4v) is 2.73. The Bertz CT molecular complexity index is 425. The van der Waals surface area contributed by atoms with Crippen molar-refractivity contribution in [3.05, 3.63) is 35.6 Å². The topological polar surface area (TPSA) is 32.3 Å². The Hall–Kier alpha value is -1.42. The molecule has 1 heterocycles. The van der Waals surface area contributed by atoms with E-state index in [0.29, 0.717) is 12.3 Å². The molecule has 3 nitrogen and oxygen atoms in total. The number of likely N-dealkylation sites (tertiary alicyclic amines) is 1. The molecular formula is C16H23FN2O. The molecule has 1 aromatic rings. The number of rotatable bonds is 5. The highest BCUT2D eigenvalue weighted by Crippen LogP contribution is 2.22. The van der Waals surface area contributed by atoms with Crippen LogP contribution in [0.2, 0.25) is 0 Å². The second-order valence-electron chi connectivity index (χ2n) is 5.51. The van der Waals surface area contributed by atoms with Crippen LogP contribution in [-0.4, -0.2) is 37.5 Å². The van der Waals surface area contributed by atoms with Crippen molar-refractivity contribution >= 4 is 5.91 Å². The van der Waals surface area contributed by atoms with Crippen LogP contribution in [0.15, 0.2) is 24.3 Å². The predicted octanol–water partition coefficient (Wildman–Crippen LogP) is 2.22. The van der Waals surface area contributed by atoms with Crippen LogP contribution in [0.3, 0.4) is 0 Å². The van der Waals surface area contributed by atoms with Crippen molar-refractivity contribution in [2.45, 2.75) is 25.7 Å². The number of benzene rings is 1. The molecule has 0 aromatic heterocycles. The van der Waals surface area contributed by atoms with E-state index in [0.717, 1.165) is 38.9 Å². The van der Waals surface area contributed by atoms with E-state index in [1.807, 2.05) is 24.1 Å². The summed E-state index contributed by atoms with van der Waals surface area (Å²) in [5.74, 6) is 0.673. The Labute approximate surface area is 120 Å². The first kappa shape index (κ1) is 15.0. The van der Waals surface area contributed by atoms with Crippen LogP contribution in [-0.2, 0) is 11.2 Å². The smallest absolute Gasteiger partial charge is 0.223 e. The normalized spacial score (nSPS) is 16.4. The molecule has 1 N–H and O–H groups in total. The third kappa shape index (κ3) is 4.30. The molecule has 0 spiro atoms. The molecule has 4 heteroatoms. The van der Waals surface area contributed by atoms with Crippen LogP contribution in [0.4, 0.5) is 4.39 Å². The number of carbonyl (C=O) groups is 1. The van der Waals surface area contributed by atoms with E-state index < -0.39 is 0 Å². The standard InChI is InChI=1S/C16H23FN2O/c1-18-9-6-16(20)19-10-7-14(8-11-19)12-13-2-4-15(17)5-3-13/h2-5,14,18H,6-12H2,1H3. The Morgan fingerprint density at radius 3 is 2.55 bits per heavy atom. The maximum absolute atomic E-state index is 12.9. The number of hydrogen-bond acceptors (Lipinski definition) is 2. The Balaban J connectivity index is 1.76. The van der Waals surface area contributed by atoms with Gasteiger partial charge in [0.15, 0.2) is 0 Å². The van der Waals surface area contributed by atoms with Crippen LogP contribution >= 0.6 is 0 Å². The van der Waals surface area contributed by atoms with Gasteiger partial charge in [-0.3, -0.25) is 4.79 Å². The van der Waals surface area contributed by atoms with Gasteiger partial charge in [-0.1, -0.05) is 12.1 Å². The van der Waals surface area contributed by atoms with Gasteiger partial charge in [0.1, 0.15) is 5.82 Å². The van der Waals surface area contributed by atoms with Gasteiger partial charge in [-0.05, 0) is 49.9 Å². The highest BCUT2D eigenvalue weighted by atomic mass is 19.1. The van der Waals surface area contributed by atoms with Crippen LogP contribution in [0.25, 0.3) is 0 Å². The lowest BCUT2D eigenvalue weighted by Gasteiger charge is -2.32. The number of hydrogen-bond donors (Lipinski definition) is 1. The Kier molecular flexibility index (Phi) is 5.53. The summed E-state index contributed by atoms with van der Waals surface area (Å²) in [6.45, 7) is 2.46. The number of nitrogens with zero attached hydrogens (tertiary/aromatic N) is 1. The fraction of sp³-hybridized carbons (Fsp3) is 0.562. The van der Waals surface area contributed by atoms with Crippen LogP contribution < -0.4 is 5.32 Å². The number of piperidine rings is 1. The average Bonchev–Trinajstić information content (AvgIpc) is 2.48. The van der Waals surface area contributed by atoms with E-state index in [9.17, 15) is 9.18 Å². The summed E-state index contributed by atoms with van der Waals surface area (Å²) in [4.78, 5) is 13.9. The van der Waals surface area contributed by atoms with Crippen molar-refractivity contribution in [3.63, 3.8) is 0 Å². The lowest BCUT2D eigenvalue weighted by Crippen LogP contribution is -2.39. The monoisotopic (exact) mass is 278 g/mol. The van der Waals surface area contributed by atoms with Crippen LogP contribution in [0.1, 0.15) is 24.8 Å². The van der Waals surface area contributed by atoms with E-state index >= 15 is 0 Å². The van der Waals surface area contributed by atoms with E-state index in [-0.39, 0.29) is 11.7 Å². The lowest BCUT2D eigenvalue weighted by atomic mass is 9.90.